The maximum absolute atomic E-state index is 13.1. The third-order valence-corrected chi connectivity index (χ3v) is 3.38. The molecule has 2 rings (SSSR count). The van der Waals surface area contributed by atoms with Crippen LogP contribution in [0, 0.1) is 12.7 Å². The van der Waals surface area contributed by atoms with E-state index in [1.165, 1.54) is 18.2 Å². The Bertz CT molecular complexity index is 700. The van der Waals surface area contributed by atoms with Crippen molar-refractivity contribution in [3.05, 3.63) is 71.0 Å². The summed E-state index contributed by atoms with van der Waals surface area (Å²) < 4.78 is 13.1. The third kappa shape index (κ3) is 3.91. The zero-order valence-electron chi connectivity index (χ0n) is 12.0. The Morgan fingerprint density at radius 1 is 1.18 bits per heavy atom. The first kappa shape index (κ1) is 15.7. The van der Waals surface area contributed by atoms with Crippen molar-refractivity contribution in [1.29, 1.82) is 0 Å². The van der Waals surface area contributed by atoms with Crippen LogP contribution < -0.4 is 5.32 Å². The van der Waals surface area contributed by atoms with Crippen molar-refractivity contribution in [2.75, 3.05) is 0 Å². The third-order valence-electron chi connectivity index (χ3n) is 3.38. The molecule has 0 aliphatic rings. The number of rotatable bonds is 5. The summed E-state index contributed by atoms with van der Waals surface area (Å²) in [7, 11) is 0. The van der Waals surface area contributed by atoms with Gasteiger partial charge in [0.25, 0.3) is 5.91 Å². The van der Waals surface area contributed by atoms with Crippen LogP contribution in [0.1, 0.15) is 21.5 Å². The van der Waals surface area contributed by atoms with Gasteiger partial charge in [0.1, 0.15) is 11.9 Å². The maximum atomic E-state index is 13.1. The number of nitrogens with one attached hydrogen (secondary N) is 1. The van der Waals surface area contributed by atoms with E-state index in [0.717, 1.165) is 17.2 Å². The second-order valence-corrected chi connectivity index (χ2v) is 5.01. The molecule has 2 aromatic carbocycles. The van der Waals surface area contributed by atoms with Crippen LogP contribution in [0.4, 0.5) is 4.39 Å². The predicted octanol–water partition coefficient (Wildman–Crippen LogP) is 2.56. The fourth-order valence-electron chi connectivity index (χ4n) is 2.13. The summed E-state index contributed by atoms with van der Waals surface area (Å²) in [6.45, 7) is 1.88. The Morgan fingerprint density at radius 2 is 1.91 bits per heavy atom. The summed E-state index contributed by atoms with van der Waals surface area (Å²) in [5.41, 5.74) is 1.89. The highest BCUT2D eigenvalue weighted by Crippen LogP contribution is 2.11. The summed E-state index contributed by atoms with van der Waals surface area (Å²) in [4.78, 5) is 23.4. The molecule has 0 saturated heterocycles. The highest BCUT2D eigenvalue weighted by Gasteiger charge is 2.21. The zero-order chi connectivity index (χ0) is 16.1. The number of aryl methyl sites for hydroxylation is 1. The molecule has 1 atom stereocenters. The van der Waals surface area contributed by atoms with E-state index in [0.29, 0.717) is 0 Å². The lowest BCUT2D eigenvalue weighted by atomic mass is 10.0. The van der Waals surface area contributed by atoms with Crippen LogP contribution in [-0.4, -0.2) is 23.0 Å². The number of hydrogen-bond donors (Lipinski definition) is 2. The average molecular weight is 301 g/mol. The van der Waals surface area contributed by atoms with E-state index in [1.807, 2.05) is 31.2 Å². The van der Waals surface area contributed by atoms with Gasteiger partial charge in [0.2, 0.25) is 0 Å². The summed E-state index contributed by atoms with van der Waals surface area (Å²) >= 11 is 0. The fraction of sp³-hybridized carbons (Fsp3) is 0.176. The van der Waals surface area contributed by atoms with E-state index >= 15 is 0 Å². The van der Waals surface area contributed by atoms with Gasteiger partial charge in [0, 0.05) is 12.0 Å². The molecule has 0 fully saturated rings. The van der Waals surface area contributed by atoms with Gasteiger partial charge in [-0.1, -0.05) is 30.3 Å². The van der Waals surface area contributed by atoms with E-state index in [4.69, 9.17) is 0 Å². The van der Waals surface area contributed by atoms with Crippen LogP contribution in [0.5, 0.6) is 0 Å². The number of hydrogen-bond acceptors (Lipinski definition) is 2. The lowest BCUT2D eigenvalue weighted by molar-refractivity contribution is -0.139. The maximum Gasteiger partial charge on any atom is 0.326 e. The minimum atomic E-state index is -1.13. The minimum Gasteiger partial charge on any atom is -0.480 e. The number of carboxylic acids is 1. The quantitative estimate of drug-likeness (QED) is 0.892. The van der Waals surface area contributed by atoms with Gasteiger partial charge >= 0.3 is 5.97 Å². The van der Waals surface area contributed by atoms with Gasteiger partial charge in [-0.25, -0.2) is 9.18 Å². The molecule has 0 heterocycles. The topological polar surface area (TPSA) is 66.4 Å². The molecule has 0 aromatic heterocycles. The molecule has 2 aromatic rings. The fourth-order valence-corrected chi connectivity index (χ4v) is 2.13. The molecule has 1 amide bonds. The normalized spacial score (nSPS) is 11.7. The number of carboxylic acid groups (broad SMARTS) is 1. The Hall–Kier alpha value is -2.69. The first-order valence-electron chi connectivity index (χ1n) is 6.81. The molecule has 4 nitrogen and oxygen atoms in total. The smallest absolute Gasteiger partial charge is 0.326 e. The van der Waals surface area contributed by atoms with Gasteiger partial charge in [0.05, 0.1) is 0 Å². The van der Waals surface area contributed by atoms with E-state index in [-0.39, 0.29) is 12.0 Å². The van der Waals surface area contributed by atoms with Crippen molar-refractivity contribution < 1.29 is 19.1 Å². The molecule has 0 aliphatic heterocycles. The largest absolute Gasteiger partial charge is 0.480 e. The highest BCUT2D eigenvalue weighted by molar-refractivity contribution is 5.96. The molecule has 2 N–H and O–H groups in total. The summed E-state index contributed by atoms with van der Waals surface area (Å²) in [5, 5.41) is 11.7. The Labute approximate surface area is 127 Å². The van der Waals surface area contributed by atoms with Crippen LogP contribution in [0.25, 0.3) is 0 Å². The molecular weight excluding hydrogens is 285 g/mol. The monoisotopic (exact) mass is 301 g/mol. The van der Waals surface area contributed by atoms with Gasteiger partial charge in [-0.05, 0) is 36.2 Å². The van der Waals surface area contributed by atoms with E-state index in [9.17, 15) is 19.1 Å². The zero-order valence-corrected chi connectivity index (χ0v) is 12.0. The lowest BCUT2D eigenvalue weighted by Gasteiger charge is -2.16. The lowest BCUT2D eigenvalue weighted by Crippen LogP contribution is -2.42. The average Bonchev–Trinajstić information content (AvgIpc) is 2.48. The van der Waals surface area contributed by atoms with Gasteiger partial charge in [-0.15, -0.1) is 0 Å². The van der Waals surface area contributed by atoms with Crippen LogP contribution in [-0.2, 0) is 11.2 Å². The minimum absolute atomic E-state index is 0.0935. The Balaban J connectivity index is 2.14. The van der Waals surface area contributed by atoms with Gasteiger partial charge in [0.15, 0.2) is 0 Å². The van der Waals surface area contributed by atoms with Gasteiger partial charge in [-0.3, -0.25) is 4.79 Å². The molecule has 0 radical (unpaired) electrons. The van der Waals surface area contributed by atoms with Crippen molar-refractivity contribution in [3.63, 3.8) is 0 Å². The number of amides is 1. The van der Waals surface area contributed by atoms with Crippen molar-refractivity contribution in [2.24, 2.45) is 0 Å². The SMILES string of the molecule is Cc1ccccc1C[C@H](NC(=O)c1cccc(F)c1)C(=O)O. The van der Waals surface area contributed by atoms with Crippen LogP contribution in [0.3, 0.4) is 0 Å². The van der Waals surface area contributed by atoms with Crippen LogP contribution >= 0.6 is 0 Å². The van der Waals surface area contributed by atoms with Crippen molar-refractivity contribution in [3.8, 4) is 0 Å². The molecule has 5 heteroatoms. The standard InChI is InChI=1S/C17H16FNO3/c1-11-5-2-3-6-12(11)10-15(17(21)22)19-16(20)13-7-4-8-14(18)9-13/h2-9,15H,10H2,1H3,(H,19,20)(H,21,22)/t15-/m0/s1. The van der Waals surface area contributed by atoms with Crippen LogP contribution in [0.2, 0.25) is 0 Å². The molecule has 0 unspecified atom stereocenters. The number of carbonyl (C=O) groups is 2. The molecule has 22 heavy (non-hydrogen) atoms. The van der Waals surface area contributed by atoms with Crippen molar-refractivity contribution >= 4 is 11.9 Å². The second kappa shape index (κ2) is 6.85. The molecule has 114 valence electrons. The van der Waals surface area contributed by atoms with E-state index in [2.05, 4.69) is 5.32 Å². The van der Waals surface area contributed by atoms with Crippen molar-refractivity contribution in [1.82, 2.24) is 5.32 Å². The molecule has 0 saturated carbocycles. The molecular formula is C17H16FNO3. The van der Waals surface area contributed by atoms with E-state index < -0.39 is 23.7 Å². The first-order valence-corrected chi connectivity index (χ1v) is 6.81. The summed E-state index contributed by atoms with van der Waals surface area (Å²) in [5.74, 6) is -2.29. The number of benzene rings is 2. The van der Waals surface area contributed by atoms with E-state index in [1.54, 1.807) is 0 Å². The summed E-state index contributed by atoms with van der Waals surface area (Å²) in [6, 6.07) is 11.4. The van der Waals surface area contributed by atoms with Crippen molar-refractivity contribution in [2.45, 2.75) is 19.4 Å². The number of halogens is 1. The molecule has 0 spiro atoms. The first-order chi connectivity index (χ1) is 10.5. The number of aliphatic carboxylic acids is 1. The Morgan fingerprint density at radius 3 is 2.55 bits per heavy atom. The predicted molar refractivity (Wildman–Crippen MR) is 80.2 cm³/mol. The number of carbonyl (C=O) groups excluding carboxylic acids is 1. The van der Waals surface area contributed by atoms with Gasteiger partial charge in [-0.2, -0.15) is 0 Å². The second-order valence-electron chi connectivity index (χ2n) is 5.01. The molecule has 0 bridgehead atoms. The molecule has 0 aliphatic carbocycles. The highest BCUT2D eigenvalue weighted by atomic mass is 19.1. The Kier molecular flexibility index (Phi) is 4.88. The van der Waals surface area contributed by atoms with Gasteiger partial charge < -0.3 is 10.4 Å². The van der Waals surface area contributed by atoms with Crippen LogP contribution in [0.15, 0.2) is 48.5 Å². The summed E-state index contributed by atoms with van der Waals surface area (Å²) in [6.07, 6.45) is 0.170.